The van der Waals surface area contributed by atoms with E-state index in [2.05, 4.69) is 5.32 Å². The first-order valence-electron chi connectivity index (χ1n) is 13.3. The summed E-state index contributed by atoms with van der Waals surface area (Å²) in [7, 11) is 0. The molecule has 2 unspecified atom stereocenters. The number of benzene rings is 3. The van der Waals surface area contributed by atoms with Crippen LogP contribution in [0.5, 0.6) is 0 Å². The number of para-hydroxylation sites is 1. The summed E-state index contributed by atoms with van der Waals surface area (Å²) in [6.07, 6.45) is -9.58. The first kappa shape index (κ1) is 31.5. The smallest absolute Gasteiger partial charge is 0.325 e. The van der Waals surface area contributed by atoms with Gasteiger partial charge >= 0.3 is 17.2 Å². The van der Waals surface area contributed by atoms with Gasteiger partial charge in [0, 0.05) is 16.5 Å². The average Bonchev–Trinajstić information content (AvgIpc) is 3.43. The van der Waals surface area contributed by atoms with Crippen LogP contribution in [-0.2, 0) is 33.3 Å². The van der Waals surface area contributed by atoms with E-state index in [9.17, 15) is 49.9 Å². The zero-order valence-electron chi connectivity index (χ0n) is 22.9. The highest BCUT2D eigenvalue weighted by atomic mass is 32.2. The van der Waals surface area contributed by atoms with E-state index in [-0.39, 0.29) is 15.6 Å². The van der Waals surface area contributed by atoms with Crippen molar-refractivity contribution < 1.29 is 45.1 Å². The Morgan fingerprint density at radius 3 is 2.22 bits per heavy atom. The number of carbonyl (C=O) groups excluding carboxylic acids is 3. The Kier molecular flexibility index (Phi) is 7.83. The zero-order chi connectivity index (χ0) is 33.1. The molecule has 1 N–H and O–H groups in total. The Labute approximate surface area is 262 Å². The lowest BCUT2D eigenvalue weighted by Crippen LogP contribution is -2.33. The molecule has 1 saturated heterocycles. The molecule has 0 bridgehead atoms. The van der Waals surface area contributed by atoms with E-state index in [1.54, 1.807) is 0 Å². The monoisotopic (exact) mass is 681 g/mol. The topological polar surface area (TPSA) is 88.5 Å². The van der Waals surface area contributed by atoms with Crippen LogP contribution in [0, 0.1) is 11.7 Å². The number of alkyl halides is 6. The summed E-state index contributed by atoms with van der Waals surface area (Å²) in [5.74, 6) is -5.80. The molecule has 0 spiro atoms. The first-order valence-corrected chi connectivity index (χ1v) is 15.0. The van der Waals surface area contributed by atoms with Gasteiger partial charge < -0.3 is 5.32 Å². The highest BCUT2D eigenvalue weighted by molar-refractivity contribution is 8.00. The summed E-state index contributed by atoms with van der Waals surface area (Å²) in [5.41, 5.74) is -2.79. The maximum Gasteiger partial charge on any atom is 0.418 e. The number of hydrogen-bond donors (Lipinski definition) is 1. The number of amides is 3. The lowest BCUT2D eigenvalue weighted by molar-refractivity contribution is -0.138. The van der Waals surface area contributed by atoms with Gasteiger partial charge in [-0.2, -0.15) is 26.3 Å². The quantitative estimate of drug-likeness (QED) is 0.192. The van der Waals surface area contributed by atoms with Gasteiger partial charge in [-0.25, -0.2) is 9.29 Å². The molecule has 0 aliphatic carbocycles. The Morgan fingerprint density at radius 2 is 1.54 bits per heavy atom. The number of carbonyl (C=O) groups is 3. The molecule has 16 heteroatoms. The fraction of sp³-hybridized carbons (Fsp3) is 0.200. The highest BCUT2D eigenvalue weighted by Gasteiger charge is 2.57. The SMILES string of the molecule is O=C(Cn1c2c(sc1=O)[C@H](c1ccc(F)cc1)C1C(=O)N(c3ccccc3C(F)(F)F)C(=O)C1S2)Nc1cccc(C(F)(F)F)c1. The van der Waals surface area contributed by atoms with Crippen LogP contribution in [-0.4, -0.2) is 27.5 Å². The van der Waals surface area contributed by atoms with E-state index in [0.29, 0.717) is 27.9 Å². The van der Waals surface area contributed by atoms with Crippen LogP contribution >= 0.6 is 23.1 Å². The van der Waals surface area contributed by atoms with Crippen molar-refractivity contribution in [2.75, 3.05) is 10.2 Å². The molecular formula is C30H18F7N3O4S2. The molecule has 2 aliphatic heterocycles. The molecule has 0 saturated carbocycles. The predicted octanol–water partition coefficient (Wildman–Crippen LogP) is 6.52. The number of anilines is 2. The van der Waals surface area contributed by atoms with Crippen LogP contribution in [0.25, 0.3) is 0 Å². The highest BCUT2D eigenvalue weighted by Crippen LogP contribution is 2.54. The average molecular weight is 682 g/mol. The number of aromatic nitrogens is 1. The van der Waals surface area contributed by atoms with Crippen molar-refractivity contribution in [1.29, 1.82) is 0 Å². The number of fused-ring (bicyclic) bond motifs is 2. The van der Waals surface area contributed by atoms with Crippen molar-refractivity contribution in [3.05, 3.63) is 110 Å². The number of thioether (sulfide) groups is 1. The second-order valence-electron chi connectivity index (χ2n) is 10.4. The second-order valence-corrected chi connectivity index (χ2v) is 12.5. The molecule has 238 valence electrons. The number of halogens is 7. The summed E-state index contributed by atoms with van der Waals surface area (Å²) in [4.78, 5) is 53.8. The molecule has 1 fully saturated rings. The molecule has 1 aromatic heterocycles. The lowest BCUT2D eigenvalue weighted by atomic mass is 9.83. The number of imide groups is 1. The van der Waals surface area contributed by atoms with Gasteiger partial charge in [0.2, 0.25) is 17.7 Å². The minimum absolute atomic E-state index is 0.0804. The molecule has 2 aliphatic rings. The summed E-state index contributed by atoms with van der Waals surface area (Å²) in [6, 6.07) is 12.8. The fourth-order valence-electron chi connectivity index (χ4n) is 5.55. The second kappa shape index (κ2) is 11.4. The van der Waals surface area contributed by atoms with Crippen molar-refractivity contribution in [3.63, 3.8) is 0 Å². The van der Waals surface area contributed by atoms with E-state index < -0.39 is 81.2 Å². The third-order valence-electron chi connectivity index (χ3n) is 7.50. The van der Waals surface area contributed by atoms with E-state index >= 15 is 0 Å². The number of hydrogen-bond acceptors (Lipinski definition) is 6. The summed E-state index contributed by atoms with van der Waals surface area (Å²) >= 11 is 1.37. The third-order valence-corrected chi connectivity index (χ3v) is 10.1. The number of thiazole rings is 1. The van der Waals surface area contributed by atoms with Crippen LogP contribution in [0.15, 0.2) is 82.6 Å². The van der Waals surface area contributed by atoms with Crippen LogP contribution in [0.3, 0.4) is 0 Å². The molecule has 7 nitrogen and oxygen atoms in total. The van der Waals surface area contributed by atoms with Gasteiger partial charge in [-0.3, -0.25) is 23.7 Å². The van der Waals surface area contributed by atoms with Crippen molar-refractivity contribution in [1.82, 2.24) is 4.57 Å². The van der Waals surface area contributed by atoms with Gasteiger partial charge in [0.1, 0.15) is 17.6 Å². The van der Waals surface area contributed by atoms with Crippen molar-refractivity contribution in [3.8, 4) is 0 Å². The van der Waals surface area contributed by atoms with Crippen LogP contribution in [0.2, 0.25) is 0 Å². The Bertz CT molecular complexity index is 1940. The molecule has 0 radical (unpaired) electrons. The molecular weight excluding hydrogens is 663 g/mol. The van der Waals surface area contributed by atoms with Gasteiger partial charge in [-0.05, 0) is 48.0 Å². The number of nitrogens with one attached hydrogen (secondary N) is 1. The van der Waals surface area contributed by atoms with Crippen molar-refractivity contribution in [2.45, 2.75) is 35.1 Å². The van der Waals surface area contributed by atoms with Crippen molar-refractivity contribution >= 4 is 52.2 Å². The van der Waals surface area contributed by atoms with E-state index in [0.717, 1.165) is 58.8 Å². The third kappa shape index (κ3) is 5.59. The van der Waals surface area contributed by atoms with E-state index in [1.807, 2.05) is 0 Å². The molecule has 3 amide bonds. The van der Waals surface area contributed by atoms with Gasteiger partial charge in [0.25, 0.3) is 0 Å². The zero-order valence-corrected chi connectivity index (χ0v) is 24.5. The molecule has 6 rings (SSSR count). The number of rotatable bonds is 5. The lowest BCUT2D eigenvalue weighted by Gasteiger charge is -2.30. The largest absolute Gasteiger partial charge is 0.418 e. The predicted molar refractivity (Wildman–Crippen MR) is 154 cm³/mol. The van der Waals surface area contributed by atoms with Crippen LogP contribution < -0.4 is 15.1 Å². The van der Waals surface area contributed by atoms with Gasteiger partial charge in [0.15, 0.2) is 0 Å². The Morgan fingerprint density at radius 1 is 0.848 bits per heavy atom. The maximum absolute atomic E-state index is 13.9. The fourth-order valence-corrected chi connectivity index (χ4v) is 8.32. The van der Waals surface area contributed by atoms with E-state index in [1.165, 1.54) is 24.3 Å². The Hall–Kier alpha value is -4.44. The first-order chi connectivity index (χ1) is 21.6. The Balaban J connectivity index is 1.40. The van der Waals surface area contributed by atoms with E-state index in [4.69, 9.17) is 0 Å². The maximum atomic E-state index is 13.9. The minimum Gasteiger partial charge on any atom is -0.325 e. The molecule has 46 heavy (non-hydrogen) atoms. The minimum atomic E-state index is -4.90. The number of nitrogens with zero attached hydrogens (tertiary/aromatic N) is 2. The summed E-state index contributed by atoms with van der Waals surface area (Å²) < 4.78 is 96.0. The van der Waals surface area contributed by atoms with Crippen LogP contribution in [0.4, 0.5) is 42.1 Å². The molecule has 3 aromatic carbocycles. The molecule has 3 heterocycles. The van der Waals surface area contributed by atoms with Crippen molar-refractivity contribution in [2.24, 2.45) is 5.92 Å². The van der Waals surface area contributed by atoms with Gasteiger partial charge in [0.05, 0.1) is 27.8 Å². The molecule has 3 atom stereocenters. The summed E-state index contributed by atoms with van der Waals surface area (Å²) in [5, 5.41) is 1.06. The normalized spacial score (nSPS) is 19.6. The standard InChI is InChI=1S/C30H18F7N3O4S2/c31-16-10-8-14(9-11-16)21-22-23(26(43)40(25(22)42)19-7-2-1-6-18(19)30(35,36)37)45-27-24(21)46-28(44)39(27)13-20(41)38-17-5-3-4-15(12-17)29(32,33)34/h1-12,21-23H,13H2,(H,38,41)/t21-,22?,23?/m1/s1. The van der Waals surface area contributed by atoms with Gasteiger partial charge in [-0.1, -0.05) is 53.4 Å². The van der Waals surface area contributed by atoms with Crippen LogP contribution in [0.1, 0.15) is 27.5 Å². The summed E-state index contributed by atoms with van der Waals surface area (Å²) in [6.45, 7) is -0.690. The molecule has 4 aromatic rings. The van der Waals surface area contributed by atoms with Gasteiger partial charge in [-0.15, -0.1) is 0 Å².